The molecule has 1 N–H and O–H groups in total. The predicted molar refractivity (Wildman–Crippen MR) is 107 cm³/mol. The monoisotopic (exact) mass is 399 g/mol. The zero-order valence-corrected chi connectivity index (χ0v) is 16.2. The van der Waals surface area contributed by atoms with Crippen molar-refractivity contribution in [1.82, 2.24) is 15.4 Å². The number of nitrogens with zero attached hydrogens (tertiary/aromatic N) is 2. The lowest BCUT2D eigenvalue weighted by molar-refractivity contribution is -0.120. The number of hydrogen-bond donors (Lipinski definition) is 1. The number of carbonyl (C=O) groups excluding carboxylic acids is 1. The molecule has 146 valence electrons. The van der Waals surface area contributed by atoms with E-state index in [-0.39, 0.29) is 18.4 Å². The van der Waals surface area contributed by atoms with Crippen LogP contribution in [-0.4, -0.2) is 48.8 Å². The van der Waals surface area contributed by atoms with Gasteiger partial charge in [-0.15, -0.1) is 0 Å². The van der Waals surface area contributed by atoms with E-state index >= 15 is 0 Å². The van der Waals surface area contributed by atoms with Crippen LogP contribution in [0.1, 0.15) is 17.3 Å². The second-order valence-corrected chi connectivity index (χ2v) is 7.26. The third-order valence-electron chi connectivity index (χ3n) is 5.01. The number of aromatic nitrogens is 1. The number of ether oxygens (including phenoxy) is 1. The first-order valence-electron chi connectivity index (χ1n) is 9.38. The van der Waals surface area contributed by atoms with E-state index in [1.807, 2.05) is 48.5 Å². The van der Waals surface area contributed by atoms with Gasteiger partial charge < -0.3 is 14.6 Å². The van der Waals surface area contributed by atoms with Gasteiger partial charge in [-0.25, -0.2) is 0 Å². The molecular formula is C21H22ClN3O3. The number of carbonyl (C=O) groups is 1. The van der Waals surface area contributed by atoms with Crippen molar-refractivity contribution < 1.29 is 14.1 Å². The molecule has 3 aromatic rings. The Kier molecular flexibility index (Phi) is 5.90. The molecule has 6 nitrogen and oxygen atoms in total. The number of para-hydroxylation sites is 1. The first-order chi connectivity index (χ1) is 13.7. The van der Waals surface area contributed by atoms with Crippen molar-refractivity contribution in [2.24, 2.45) is 0 Å². The Balaban J connectivity index is 1.44. The second-order valence-electron chi connectivity index (χ2n) is 6.82. The molecule has 0 bridgehead atoms. The van der Waals surface area contributed by atoms with E-state index in [9.17, 15) is 4.79 Å². The molecule has 1 fully saturated rings. The fraction of sp³-hybridized carbons (Fsp3) is 0.333. The van der Waals surface area contributed by atoms with E-state index in [2.05, 4.69) is 15.4 Å². The summed E-state index contributed by atoms with van der Waals surface area (Å²) in [5, 5.41) is 8.68. The van der Waals surface area contributed by atoms with E-state index < -0.39 is 0 Å². The maximum atomic E-state index is 12.6. The standard InChI is InChI=1S/C21H22ClN3O3/c22-16-7-5-15(6-8-16)19(25-9-11-27-12-10-25)14-23-21(26)13-18-17-3-1-2-4-20(17)28-24-18/h1-8,19H,9-14H2,(H,23,26)/t19-/m1/s1. The average molecular weight is 400 g/mol. The number of nitrogens with one attached hydrogen (secondary N) is 1. The summed E-state index contributed by atoms with van der Waals surface area (Å²) in [6.07, 6.45) is 0.188. The smallest absolute Gasteiger partial charge is 0.226 e. The number of morpholine rings is 1. The van der Waals surface area contributed by atoms with Gasteiger partial charge in [0.1, 0.15) is 5.69 Å². The predicted octanol–water partition coefficient (Wildman–Crippen LogP) is 3.21. The molecule has 1 atom stereocenters. The minimum atomic E-state index is -0.0775. The fourth-order valence-corrected chi connectivity index (χ4v) is 3.65. The number of fused-ring (bicyclic) bond motifs is 1. The lowest BCUT2D eigenvalue weighted by atomic mass is 10.0. The van der Waals surface area contributed by atoms with E-state index in [0.29, 0.717) is 36.1 Å². The van der Waals surface area contributed by atoms with Gasteiger partial charge in [-0.3, -0.25) is 9.69 Å². The van der Waals surface area contributed by atoms with Crippen LogP contribution < -0.4 is 5.32 Å². The summed E-state index contributed by atoms with van der Waals surface area (Å²) >= 11 is 6.04. The van der Waals surface area contributed by atoms with Crippen molar-refractivity contribution in [2.75, 3.05) is 32.8 Å². The summed E-state index contributed by atoms with van der Waals surface area (Å²) in [4.78, 5) is 14.9. The highest BCUT2D eigenvalue weighted by Crippen LogP contribution is 2.23. The Hall–Kier alpha value is -2.41. The number of hydrogen-bond acceptors (Lipinski definition) is 5. The molecule has 0 spiro atoms. The van der Waals surface area contributed by atoms with Crippen molar-refractivity contribution in [1.29, 1.82) is 0 Å². The van der Waals surface area contributed by atoms with Crippen molar-refractivity contribution >= 4 is 28.5 Å². The van der Waals surface area contributed by atoms with Crippen molar-refractivity contribution in [3.05, 3.63) is 64.8 Å². The molecule has 7 heteroatoms. The Morgan fingerprint density at radius 1 is 1.14 bits per heavy atom. The van der Waals surface area contributed by atoms with E-state index in [0.717, 1.165) is 24.0 Å². The molecule has 0 aliphatic carbocycles. The van der Waals surface area contributed by atoms with Gasteiger partial charge in [0, 0.05) is 30.0 Å². The van der Waals surface area contributed by atoms with Crippen LogP contribution in [0.4, 0.5) is 0 Å². The van der Waals surface area contributed by atoms with Gasteiger partial charge in [-0.2, -0.15) is 0 Å². The molecule has 0 unspecified atom stereocenters. The molecule has 0 radical (unpaired) electrons. The quantitative estimate of drug-likeness (QED) is 0.689. The third kappa shape index (κ3) is 4.35. The molecule has 1 aromatic heterocycles. The minimum absolute atomic E-state index is 0.0687. The number of halogens is 1. The van der Waals surface area contributed by atoms with Crippen molar-refractivity contribution in [2.45, 2.75) is 12.5 Å². The van der Waals surface area contributed by atoms with E-state index in [1.54, 1.807) is 0 Å². The molecule has 1 saturated heterocycles. The van der Waals surface area contributed by atoms with Crippen LogP contribution in [0.5, 0.6) is 0 Å². The van der Waals surface area contributed by atoms with Crippen LogP contribution in [-0.2, 0) is 16.0 Å². The molecule has 1 amide bonds. The van der Waals surface area contributed by atoms with Gasteiger partial charge in [-0.05, 0) is 29.8 Å². The van der Waals surface area contributed by atoms with Crippen LogP contribution >= 0.6 is 11.6 Å². The number of benzene rings is 2. The highest BCUT2D eigenvalue weighted by atomic mass is 35.5. The minimum Gasteiger partial charge on any atom is -0.379 e. The normalized spacial score (nSPS) is 16.2. The van der Waals surface area contributed by atoms with Crippen molar-refractivity contribution in [3.8, 4) is 0 Å². The Bertz CT molecular complexity index is 935. The van der Waals surface area contributed by atoms with Gasteiger partial charge in [0.05, 0.1) is 25.7 Å². The average Bonchev–Trinajstić information content (AvgIpc) is 3.13. The summed E-state index contributed by atoms with van der Waals surface area (Å²) in [5.41, 5.74) is 2.47. The zero-order valence-electron chi connectivity index (χ0n) is 15.4. The summed E-state index contributed by atoms with van der Waals surface area (Å²) in [7, 11) is 0. The second kappa shape index (κ2) is 8.73. The van der Waals surface area contributed by atoms with Gasteiger partial charge in [0.25, 0.3) is 0 Å². The van der Waals surface area contributed by atoms with Crippen LogP contribution in [0.2, 0.25) is 5.02 Å². The van der Waals surface area contributed by atoms with Crippen LogP contribution in [0.15, 0.2) is 53.1 Å². The molecule has 2 aromatic carbocycles. The molecule has 2 heterocycles. The first-order valence-corrected chi connectivity index (χ1v) is 9.76. The van der Waals surface area contributed by atoms with E-state index in [4.69, 9.17) is 20.9 Å². The highest BCUT2D eigenvalue weighted by molar-refractivity contribution is 6.30. The Morgan fingerprint density at radius 3 is 2.68 bits per heavy atom. The maximum absolute atomic E-state index is 12.6. The largest absolute Gasteiger partial charge is 0.379 e. The highest BCUT2D eigenvalue weighted by Gasteiger charge is 2.23. The van der Waals surface area contributed by atoms with Crippen LogP contribution in [0.3, 0.4) is 0 Å². The number of rotatable bonds is 6. The third-order valence-corrected chi connectivity index (χ3v) is 5.27. The zero-order chi connectivity index (χ0) is 19.3. The Labute approximate surface area is 168 Å². The molecule has 28 heavy (non-hydrogen) atoms. The van der Waals surface area contributed by atoms with Gasteiger partial charge in [0.15, 0.2) is 5.58 Å². The summed E-state index contributed by atoms with van der Waals surface area (Å²) in [6, 6.07) is 15.4. The van der Waals surface area contributed by atoms with E-state index in [1.165, 1.54) is 0 Å². The maximum Gasteiger partial charge on any atom is 0.226 e. The van der Waals surface area contributed by atoms with Crippen LogP contribution in [0.25, 0.3) is 11.0 Å². The summed E-state index contributed by atoms with van der Waals surface area (Å²) in [5.74, 6) is -0.0775. The van der Waals surface area contributed by atoms with Gasteiger partial charge in [0.2, 0.25) is 5.91 Å². The van der Waals surface area contributed by atoms with Gasteiger partial charge in [-0.1, -0.05) is 41.0 Å². The molecule has 1 aliphatic rings. The van der Waals surface area contributed by atoms with Gasteiger partial charge >= 0.3 is 0 Å². The summed E-state index contributed by atoms with van der Waals surface area (Å²) < 4.78 is 10.8. The molecule has 0 saturated carbocycles. The lowest BCUT2D eigenvalue weighted by Crippen LogP contribution is -2.44. The Morgan fingerprint density at radius 2 is 1.89 bits per heavy atom. The van der Waals surface area contributed by atoms with Crippen molar-refractivity contribution in [3.63, 3.8) is 0 Å². The SMILES string of the molecule is O=C(Cc1noc2ccccc12)NC[C@H](c1ccc(Cl)cc1)N1CCOCC1. The molecule has 4 rings (SSSR count). The van der Waals surface area contributed by atoms with Crippen LogP contribution in [0, 0.1) is 0 Å². The molecule has 1 aliphatic heterocycles. The number of amides is 1. The first kappa shape index (κ1) is 18.9. The fourth-order valence-electron chi connectivity index (χ4n) is 3.52. The lowest BCUT2D eigenvalue weighted by Gasteiger charge is -2.35. The topological polar surface area (TPSA) is 67.6 Å². The molecular weight excluding hydrogens is 378 g/mol. The summed E-state index contributed by atoms with van der Waals surface area (Å²) in [6.45, 7) is 3.57.